The Balaban J connectivity index is 1.50. The van der Waals surface area contributed by atoms with Crippen LogP contribution < -0.4 is 9.47 Å². The minimum Gasteiger partial charge on any atom is -0.748 e. The zero-order chi connectivity index (χ0) is 27.7. The lowest BCUT2D eigenvalue weighted by Crippen LogP contribution is -2.38. The van der Waals surface area contributed by atoms with E-state index in [0.29, 0.717) is 13.1 Å². The van der Waals surface area contributed by atoms with E-state index in [1.807, 2.05) is 54.3 Å². The van der Waals surface area contributed by atoms with Crippen molar-refractivity contribution in [2.45, 2.75) is 17.9 Å². The van der Waals surface area contributed by atoms with Gasteiger partial charge in [-0.3, -0.25) is 0 Å². The first-order valence-electron chi connectivity index (χ1n) is 13.0. The van der Waals surface area contributed by atoms with Crippen LogP contribution in [0, 0.1) is 0 Å². The average Bonchev–Trinajstić information content (AvgIpc) is 3.53. The lowest BCUT2D eigenvalue weighted by atomic mass is 10.0. The van der Waals surface area contributed by atoms with Gasteiger partial charge in [0.25, 0.3) is 0 Å². The molecule has 1 aliphatic heterocycles. The maximum absolute atomic E-state index is 11.3. The number of pyridine rings is 1. The van der Waals surface area contributed by atoms with E-state index in [1.165, 1.54) is 5.56 Å². The van der Waals surface area contributed by atoms with Crippen LogP contribution in [0.15, 0.2) is 107 Å². The summed E-state index contributed by atoms with van der Waals surface area (Å²) in [4.78, 5) is 7.91. The number of rotatable bonds is 8. The van der Waals surface area contributed by atoms with Crippen molar-refractivity contribution < 1.29 is 17.5 Å². The molecule has 2 aromatic heterocycles. The molecule has 0 N–H and O–H groups in total. The number of aromatic nitrogens is 3. The van der Waals surface area contributed by atoms with Crippen molar-refractivity contribution in [2.24, 2.45) is 7.05 Å². The van der Waals surface area contributed by atoms with Crippen molar-refractivity contribution in [3.05, 3.63) is 113 Å². The highest BCUT2D eigenvalue weighted by molar-refractivity contribution is 8.03. The van der Waals surface area contributed by atoms with Gasteiger partial charge in [0.05, 0.1) is 26.2 Å². The first-order valence-corrected chi connectivity index (χ1v) is 15.4. The predicted molar refractivity (Wildman–Crippen MR) is 159 cm³/mol. The quantitative estimate of drug-likeness (QED) is 0.184. The first-order chi connectivity index (χ1) is 19.4. The highest BCUT2D eigenvalue weighted by atomic mass is 32.2. The molecule has 9 heteroatoms. The van der Waals surface area contributed by atoms with Crippen LogP contribution in [0.4, 0.5) is 5.69 Å². The van der Waals surface area contributed by atoms with Crippen LogP contribution in [-0.4, -0.2) is 34.8 Å². The van der Waals surface area contributed by atoms with E-state index >= 15 is 0 Å². The van der Waals surface area contributed by atoms with E-state index in [1.54, 1.807) is 11.8 Å². The zero-order valence-electron chi connectivity index (χ0n) is 22.0. The first kappa shape index (κ1) is 26.3. The van der Waals surface area contributed by atoms with E-state index in [9.17, 15) is 13.0 Å². The van der Waals surface area contributed by atoms with Crippen molar-refractivity contribution in [1.29, 1.82) is 0 Å². The maximum atomic E-state index is 11.3. The summed E-state index contributed by atoms with van der Waals surface area (Å²) in [6, 6.07) is 29.0. The molecular weight excluding hydrogens is 541 g/mol. The number of hydrogen-bond donors (Lipinski definition) is 0. The van der Waals surface area contributed by atoms with Gasteiger partial charge in [-0.25, -0.2) is 13.4 Å². The van der Waals surface area contributed by atoms with Crippen molar-refractivity contribution in [1.82, 2.24) is 9.55 Å². The smallest absolute Gasteiger partial charge is 0.249 e. The molecule has 0 bridgehead atoms. The number of nitrogens with zero attached hydrogens (tertiary/aromatic N) is 4. The van der Waals surface area contributed by atoms with Crippen LogP contribution in [0.1, 0.15) is 17.5 Å². The van der Waals surface area contributed by atoms with Crippen LogP contribution in [-0.2, 0) is 23.7 Å². The third-order valence-corrected chi connectivity index (χ3v) is 8.92. The average molecular weight is 569 g/mol. The van der Waals surface area contributed by atoms with E-state index < -0.39 is 10.1 Å². The molecule has 0 radical (unpaired) electrons. The molecule has 0 saturated heterocycles. The Bertz CT molecular complexity index is 1830. The van der Waals surface area contributed by atoms with Crippen molar-refractivity contribution in [2.75, 3.05) is 17.2 Å². The largest absolute Gasteiger partial charge is 0.748 e. The molecule has 3 heterocycles. The number of thioether (sulfide) groups is 1. The van der Waals surface area contributed by atoms with Crippen LogP contribution >= 0.6 is 11.8 Å². The fraction of sp³-hybridized carbons (Fsp3) is 0.161. The fourth-order valence-corrected chi connectivity index (χ4v) is 6.79. The van der Waals surface area contributed by atoms with Gasteiger partial charge in [-0.2, -0.15) is 4.57 Å². The monoisotopic (exact) mass is 568 g/mol. The molecule has 40 heavy (non-hydrogen) atoms. The highest BCUT2D eigenvalue weighted by Crippen LogP contribution is 2.47. The molecule has 1 aliphatic rings. The van der Waals surface area contributed by atoms with E-state index in [-0.39, 0.29) is 12.2 Å². The molecular formula is C31H28N4O3S2. The molecule has 5 aromatic rings. The summed E-state index contributed by atoms with van der Waals surface area (Å²) < 4.78 is 38.3. The summed E-state index contributed by atoms with van der Waals surface area (Å²) in [5.74, 6) is 0.474. The lowest BCUT2D eigenvalue weighted by Gasteiger charge is -2.21. The summed E-state index contributed by atoms with van der Waals surface area (Å²) in [6.07, 6.45) is 6.18. The van der Waals surface area contributed by atoms with Gasteiger partial charge < -0.3 is 14.0 Å². The molecule has 0 unspecified atom stereocenters. The van der Waals surface area contributed by atoms with Gasteiger partial charge in [0.1, 0.15) is 0 Å². The molecule has 0 spiro atoms. The Morgan fingerprint density at radius 1 is 1.00 bits per heavy atom. The summed E-state index contributed by atoms with van der Waals surface area (Å²) in [5.41, 5.74) is 5.33. The van der Waals surface area contributed by atoms with Gasteiger partial charge in [-0.05, 0) is 36.3 Å². The number of imidazole rings is 1. The SMILES string of the molecule is Cn1ccnc1-c1cc(C=C2Sc3ccccc3N2CCCS(=O)(=O)[O-])c2ccccc2[n+]1Cc1ccccc1. The van der Waals surface area contributed by atoms with Gasteiger partial charge in [0, 0.05) is 54.3 Å². The lowest BCUT2D eigenvalue weighted by molar-refractivity contribution is -0.651. The predicted octanol–water partition coefficient (Wildman–Crippen LogP) is 5.42. The summed E-state index contributed by atoms with van der Waals surface area (Å²) in [5, 5.41) is 2.09. The van der Waals surface area contributed by atoms with E-state index in [4.69, 9.17) is 4.98 Å². The van der Waals surface area contributed by atoms with E-state index in [0.717, 1.165) is 43.6 Å². The Morgan fingerprint density at radius 3 is 2.52 bits per heavy atom. The number of anilines is 1. The van der Waals surface area contributed by atoms with Crippen LogP contribution in [0.5, 0.6) is 0 Å². The van der Waals surface area contributed by atoms with Gasteiger partial charge in [0.2, 0.25) is 17.0 Å². The van der Waals surface area contributed by atoms with Gasteiger partial charge >= 0.3 is 0 Å². The van der Waals surface area contributed by atoms with E-state index in [2.05, 4.69) is 70.1 Å². The second kappa shape index (κ2) is 10.9. The Kier molecular flexibility index (Phi) is 7.18. The molecule has 0 atom stereocenters. The molecule has 0 saturated carbocycles. The number of fused-ring (bicyclic) bond motifs is 2. The number of benzene rings is 3. The molecule has 0 fully saturated rings. The summed E-state index contributed by atoms with van der Waals surface area (Å²) in [6.45, 7) is 1.12. The summed E-state index contributed by atoms with van der Waals surface area (Å²) >= 11 is 1.65. The minimum atomic E-state index is -4.28. The second-order valence-electron chi connectivity index (χ2n) is 9.75. The van der Waals surface area contributed by atoms with Crippen molar-refractivity contribution in [3.63, 3.8) is 0 Å². The zero-order valence-corrected chi connectivity index (χ0v) is 23.6. The molecule has 6 rings (SSSR count). The third kappa shape index (κ3) is 5.40. The summed E-state index contributed by atoms with van der Waals surface area (Å²) in [7, 11) is -2.28. The van der Waals surface area contributed by atoms with Crippen LogP contribution in [0.2, 0.25) is 0 Å². The normalized spacial score (nSPS) is 14.2. The minimum absolute atomic E-state index is 0.253. The highest BCUT2D eigenvalue weighted by Gasteiger charge is 2.27. The molecule has 0 aliphatic carbocycles. The Morgan fingerprint density at radius 2 is 1.75 bits per heavy atom. The van der Waals surface area contributed by atoms with Crippen LogP contribution in [0.25, 0.3) is 28.5 Å². The maximum Gasteiger partial charge on any atom is 0.249 e. The molecule has 3 aromatic carbocycles. The Labute approximate surface area is 238 Å². The second-order valence-corrected chi connectivity index (χ2v) is 12.3. The molecule has 0 amide bonds. The van der Waals surface area contributed by atoms with Gasteiger partial charge in [0.15, 0.2) is 6.54 Å². The number of hydrogen-bond acceptors (Lipinski definition) is 6. The van der Waals surface area contributed by atoms with Crippen LogP contribution in [0.3, 0.4) is 0 Å². The van der Waals surface area contributed by atoms with Crippen molar-refractivity contribution in [3.8, 4) is 11.5 Å². The third-order valence-electron chi connectivity index (χ3n) is 7.01. The standard InChI is InChI=1S/C31H28N4O3S2/c1-33-18-16-32-31(33)28-20-24(25-12-5-6-13-26(25)35(28)22-23-10-3-2-4-11-23)21-30-34(17-9-19-40(36,37)38)27-14-7-8-15-29(27)39-30/h2-8,10-16,18,20-21H,9,17,19,22H2,1H3. The number of aryl methyl sites for hydroxylation is 1. The topological polar surface area (TPSA) is 82.1 Å². The molecule has 7 nitrogen and oxygen atoms in total. The van der Waals surface area contributed by atoms with Crippen molar-refractivity contribution >= 4 is 44.5 Å². The van der Waals surface area contributed by atoms with Gasteiger partial charge in [-0.1, -0.05) is 66.4 Å². The van der Waals surface area contributed by atoms with Gasteiger partial charge in [-0.15, -0.1) is 0 Å². The number of para-hydroxylation sites is 2. The fourth-order valence-electron chi connectivity index (χ4n) is 5.16. The molecule has 202 valence electrons. The Hall–Kier alpha value is -3.92.